The first-order valence-corrected chi connectivity index (χ1v) is 7.11. The molecule has 0 saturated heterocycles. The summed E-state index contributed by atoms with van der Waals surface area (Å²) in [5, 5.41) is 0. The molecule has 0 N–H and O–H groups in total. The first-order valence-electron chi connectivity index (χ1n) is 5.38. The van der Waals surface area contributed by atoms with Gasteiger partial charge in [-0.25, -0.2) is 0 Å². The molecule has 0 aromatic carbocycles. The van der Waals surface area contributed by atoms with E-state index in [-0.39, 0.29) is 5.91 Å². The van der Waals surface area contributed by atoms with Gasteiger partial charge in [-0.05, 0) is 31.9 Å². The average Bonchev–Trinajstić information content (AvgIpc) is 2.54. The minimum atomic E-state index is 0.134. The van der Waals surface area contributed by atoms with Gasteiger partial charge in [0.1, 0.15) is 0 Å². The zero-order chi connectivity index (χ0) is 12.3. The molecule has 0 aliphatic heterocycles. The summed E-state index contributed by atoms with van der Waals surface area (Å²) >= 11 is 5.07. The van der Waals surface area contributed by atoms with Gasteiger partial charge in [-0.15, -0.1) is 11.3 Å². The summed E-state index contributed by atoms with van der Waals surface area (Å²) in [5.74, 6) is 0.134. The van der Waals surface area contributed by atoms with E-state index in [1.54, 1.807) is 16.2 Å². The van der Waals surface area contributed by atoms with E-state index in [0.29, 0.717) is 4.83 Å². The largest absolute Gasteiger partial charge is 0.341 e. The molecule has 1 atom stereocenters. The number of rotatable bonds is 4. The molecule has 0 spiro atoms. The number of halogens is 1. The highest BCUT2D eigenvalue weighted by atomic mass is 79.9. The van der Waals surface area contributed by atoms with Crippen molar-refractivity contribution in [2.75, 3.05) is 13.6 Å². The predicted octanol–water partition coefficient (Wildman–Crippen LogP) is 3.61. The van der Waals surface area contributed by atoms with Gasteiger partial charge in [0.2, 0.25) is 0 Å². The zero-order valence-corrected chi connectivity index (χ0v) is 12.6. The number of aryl methyl sites for hydroxylation is 2. The molecule has 1 amide bonds. The summed E-state index contributed by atoms with van der Waals surface area (Å²) in [6.45, 7) is 6.99. The number of thiophene rings is 1. The Bertz CT molecular complexity index is 354. The van der Waals surface area contributed by atoms with Gasteiger partial charge >= 0.3 is 0 Å². The summed E-state index contributed by atoms with van der Waals surface area (Å²) in [4.78, 5) is 16.4. The molecular formula is C12H18BrNOS. The molecule has 1 rings (SSSR count). The molecule has 16 heavy (non-hydrogen) atoms. The zero-order valence-electron chi connectivity index (χ0n) is 10.2. The van der Waals surface area contributed by atoms with Crippen molar-refractivity contribution in [3.63, 3.8) is 0 Å². The monoisotopic (exact) mass is 303 g/mol. The van der Waals surface area contributed by atoms with E-state index in [1.807, 2.05) is 20.0 Å². The normalized spacial score (nSPS) is 12.6. The SMILES string of the molecule is Cc1cc(C(=O)N(C)CCC(C)Br)sc1C. The third-order valence-corrected chi connectivity index (χ3v) is 4.18. The molecule has 0 saturated carbocycles. The van der Waals surface area contributed by atoms with Crippen molar-refractivity contribution < 1.29 is 4.79 Å². The van der Waals surface area contributed by atoms with Crippen molar-refractivity contribution in [1.82, 2.24) is 4.90 Å². The number of hydrogen-bond donors (Lipinski definition) is 0. The molecule has 0 aliphatic rings. The summed E-state index contributed by atoms with van der Waals surface area (Å²) in [6.07, 6.45) is 0.978. The van der Waals surface area contributed by atoms with Gasteiger partial charge in [0, 0.05) is 23.3 Å². The Morgan fingerprint density at radius 2 is 2.19 bits per heavy atom. The van der Waals surface area contributed by atoms with Crippen LogP contribution in [0, 0.1) is 13.8 Å². The molecule has 1 aromatic heterocycles. The van der Waals surface area contributed by atoms with Crippen molar-refractivity contribution in [2.45, 2.75) is 32.0 Å². The topological polar surface area (TPSA) is 20.3 Å². The quantitative estimate of drug-likeness (QED) is 0.778. The number of carbonyl (C=O) groups is 1. The van der Waals surface area contributed by atoms with Crippen molar-refractivity contribution in [3.8, 4) is 0 Å². The number of carbonyl (C=O) groups excluding carboxylic acids is 1. The van der Waals surface area contributed by atoms with E-state index in [4.69, 9.17) is 0 Å². The number of hydrogen-bond acceptors (Lipinski definition) is 2. The fourth-order valence-electron chi connectivity index (χ4n) is 1.34. The van der Waals surface area contributed by atoms with Gasteiger partial charge in [0.05, 0.1) is 4.88 Å². The molecule has 0 bridgehead atoms. The average molecular weight is 304 g/mol. The maximum absolute atomic E-state index is 12.0. The van der Waals surface area contributed by atoms with Gasteiger partial charge in [-0.1, -0.05) is 22.9 Å². The Balaban J connectivity index is 2.63. The Labute approximate surface area is 110 Å². The van der Waals surface area contributed by atoms with Crippen LogP contribution in [-0.2, 0) is 0 Å². The summed E-state index contributed by atoms with van der Waals surface area (Å²) in [7, 11) is 1.86. The van der Waals surface area contributed by atoms with E-state index in [1.165, 1.54) is 10.4 Å². The fraction of sp³-hybridized carbons (Fsp3) is 0.583. The summed E-state index contributed by atoms with van der Waals surface area (Å²) < 4.78 is 0. The second kappa shape index (κ2) is 5.82. The van der Waals surface area contributed by atoms with Crippen molar-refractivity contribution in [1.29, 1.82) is 0 Å². The van der Waals surface area contributed by atoms with Gasteiger partial charge < -0.3 is 4.90 Å². The van der Waals surface area contributed by atoms with E-state index < -0.39 is 0 Å². The van der Waals surface area contributed by atoms with Gasteiger partial charge in [0.15, 0.2) is 0 Å². The van der Waals surface area contributed by atoms with Crippen LogP contribution in [0.2, 0.25) is 0 Å². The summed E-state index contributed by atoms with van der Waals surface area (Å²) in [6, 6.07) is 1.98. The second-order valence-electron chi connectivity index (χ2n) is 4.15. The van der Waals surface area contributed by atoms with Gasteiger partial charge in [0.25, 0.3) is 5.91 Å². The number of amides is 1. The van der Waals surface area contributed by atoms with Crippen LogP contribution >= 0.6 is 27.3 Å². The standard InChI is InChI=1S/C12H18BrNOS/c1-8-7-11(16-10(8)3)12(15)14(4)6-5-9(2)13/h7,9H,5-6H2,1-4H3. The van der Waals surface area contributed by atoms with E-state index in [9.17, 15) is 4.79 Å². The highest BCUT2D eigenvalue weighted by Crippen LogP contribution is 2.21. The Morgan fingerprint density at radius 1 is 1.56 bits per heavy atom. The fourth-order valence-corrected chi connectivity index (χ4v) is 2.57. The van der Waals surface area contributed by atoms with E-state index >= 15 is 0 Å². The Morgan fingerprint density at radius 3 is 2.62 bits per heavy atom. The van der Waals surface area contributed by atoms with Gasteiger partial charge in [-0.3, -0.25) is 4.79 Å². The van der Waals surface area contributed by atoms with E-state index in [2.05, 4.69) is 29.8 Å². The first-order chi connectivity index (χ1) is 7.41. The van der Waals surface area contributed by atoms with Crippen LogP contribution in [0.15, 0.2) is 6.07 Å². The van der Waals surface area contributed by atoms with Crippen LogP contribution in [-0.4, -0.2) is 29.2 Å². The molecule has 90 valence electrons. The lowest BCUT2D eigenvalue weighted by atomic mass is 10.2. The molecule has 2 nitrogen and oxygen atoms in total. The predicted molar refractivity (Wildman–Crippen MR) is 73.8 cm³/mol. The van der Waals surface area contributed by atoms with Crippen LogP contribution in [0.1, 0.15) is 33.5 Å². The van der Waals surface area contributed by atoms with Crippen molar-refractivity contribution >= 4 is 33.2 Å². The third kappa shape index (κ3) is 3.59. The number of alkyl halides is 1. The lowest BCUT2D eigenvalue weighted by molar-refractivity contribution is 0.0798. The highest BCUT2D eigenvalue weighted by molar-refractivity contribution is 9.09. The minimum absolute atomic E-state index is 0.134. The lowest BCUT2D eigenvalue weighted by Gasteiger charge is -2.16. The molecule has 1 unspecified atom stereocenters. The Hall–Kier alpha value is -0.350. The van der Waals surface area contributed by atoms with Crippen LogP contribution < -0.4 is 0 Å². The third-order valence-electron chi connectivity index (χ3n) is 2.59. The van der Waals surface area contributed by atoms with Crippen LogP contribution in [0.5, 0.6) is 0 Å². The molecule has 1 aromatic rings. The Kier molecular flexibility index (Phi) is 4.99. The van der Waals surface area contributed by atoms with Crippen LogP contribution in [0.25, 0.3) is 0 Å². The van der Waals surface area contributed by atoms with Gasteiger partial charge in [-0.2, -0.15) is 0 Å². The molecule has 0 aliphatic carbocycles. The molecule has 4 heteroatoms. The maximum Gasteiger partial charge on any atom is 0.263 e. The van der Waals surface area contributed by atoms with Crippen molar-refractivity contribution in [3.05, 3.63) is 21.4 Å². The van der Waals surface area contributed by atoms with Crippen LogP contribution in [0.3, 0.4) is 0 Å². The van der Waals surface area contributed by atoms with E-state index in [0.717, 1.165) is 17.8 Å². The molecular weight excluding hydrogens is 286 g/mol. The summed E-state index contributed by atoms with van der Waals surface area (Å²) in [5.41, 5.74) is 1.20. The lowest BCUT2D eigenvalue weighted by Crippen LogP contribution is -2.28. The van der Waals surface area contributed by atoms with Crippen molar-refractivity contribution in [2.24, 2.45) is 0 Å². The highest BCUT2D eigenvalue weighted by Gasteiger charge is 2.15. The second-order valence-corrected chi connectivity index (χ2v) is 6.97. The number of nitrogens with zero attached hydrogens (tertiary/aromatic N) is 1. The minimum Gasteiger partial charge on any atom is -0.341 e. The van der Waals surface area contributed by atoms with Crippen LogP contribution in [0.4, 0.5) is 0 Å². The smallest absolute Gasteiger partial charge is 0.263 e. The first kappa shape index (κ1) is 13.7. The molecule has 0 fully saturated rings. The molecule has 0 radical (unpaired) electrons. The molecule has 1 heterocycles. The maximum atomic E-state index is 12.0.